The van der Waals surface area contributed by atoms with Crippen molar-refractivity contribution in [3.8, 4) is 61.3 Å². The molecule has 0 saturated heterocycles. The van der Waals surface area contributed by atoms with Crippen LogP contribution in [0.2, 0.25) is 0 Å². The summed E-state index contributed by atoms with van der Waals surface area (Å²) in [6.07, 6.45) is 0. The van der Waals surface area contributed by atoms with E-state index in [4.69, 9.17) is 4.42 Å². The van der Waals surface area contributed by atoms with Crippen LogP contribution >= 0.6 is 0 Å². The molecule has 13 rings (SSSR count). The lowest BCUT2D eigenvalue weighted by Gasteiger charge is -2.28. The lowest BCUT2D eigenvalue weighted by molar-refractivity contribution is 0.669. The van der Waals surface area contributed by atoms with Gasteiger partial charge in [0, 0.05) is 44.2 Å². The van der Waals surface area contributed by atoms with Crippen LogP contribution in [0.3, 0.4) is 0 Å². The summed E-state index contributed by atoms with van der Waals surface area (Å²) in [6, 6.07) is 96.1. The van der Waals surface area contributed by atoms with Crippen LogP contribution < -0.4 is 4.90 Å². The minimum Gasteiger partial charge on any atom is -0.456 e. The number of para-hydroxylation sites is 4. The second-order valence-corrected chi connectivity index (χ2v) is 17.7. The SMILES string of the molecule is c1ccc(-c2ccc(-c3ccc(N(c4ccc(-c5cccc(-c6cccc(-n7c8ccccc8c8ccccc87)c6)c5)cc4)c4ccccc4-c4ccc5c(c4)oc4ccccc45)cc3)cc2)cc1. The van der Waals surface area contributed by atoms with E-state index < -0.39 is 0 Å². The Kier molecular flexibility index (Phi) is 9.84. The molecule has 0 spiro atoms. The standard InChI is InChI=1S/C66H44N2O/c1-2-14-45(15-3-1)46-28-30-47(31-29-46)48-32-37-54(38-33-48)67(62-24-8-4-20-57(62)53-36-41-61-60-23-7-11-27-65(60)69-66(61)44-53)55-39-34-49(35-40-55)50-16-12-17-51(42-50)52-18-13-19-56(43-52)68-63-25-9-5-21-58(63)59-22-6-10-26-64(59)68/h1-44H. The van der Waals surface area contributed by atoms with Gasteiger partial charge in [-0.2, -0.15) is 0 Å². The Morgan fingerprint density at radius 1 is 0.275 bits per heavy atom. The molecule has 11 aromatic carbocycles. The Hall–Kier alpha value is -9.18. The molecule has 324 valence electrons. The van der Waals surface area contributed by atoms with Crippen LogP contribution in [0.4, 0.5) is 17.1 Å². The Bertz CT molecular complexity index is 3940. The third kappa shape index (κ3) is 7.25. The van der Waals surface area contributed by atoms with Crippen molar-refractivity contribution in [2.75, 3.05) is 4.90 Å². The molecule has 69 heavy (non-hydrogen) atoms. The highest BCUT2D eigenvalue weighted by Gasteiger charge is 2.19. The Morgan fingerprint density at radius 2 is 0.725 bits per heavy atom. The summed E-state index contributed by atoms with van der Waals surface area (Å²) >= 11 is 0. The van der Waals surface area contributed by atoms with Crippen LogP contribution in [0.15, 0.2) is 271 Å². The fourth-order valence-corrected chi connectivity index (χ4v) is 10.2. The van der Waals surface area contributed by atoms with Gasteiger partial charge >= 0.3 is 0 Å². The zero-order chi connectivity index (χ0) is 45.7. The molecule has 0 radical (unpaired) electrons. The zero-order valence-corrected chi connectivity index (χ0v) is 37.7. The predicted molar refractivity (Wildman–Crippen MR) is 290 cm³/mol. The van der Waals surface area contributed by atoms with Crippen molar-refractivity contribution in [3.05, 3.63) is 267 Å². The van der Waals surface area contributed by atoms with Gasteiger partial charge in [-0.1, -0.05) is 188 Å². The maximum atomic E-state index is 6.40. The molecule has 2 heterocycles. The molecule has 0 fully saturated rings. The Labute approximate surface area is 401 Å². The fourth-order valence-electron chi connectivity index (χ4n) is 10.2. The molecule has 2 aromatic heterocycles. The van der Waals surface area contributed by atoms with Crippen LogP contribution in [0.1, 0.15) is 0 Å². The van der Waals surface area contributed by atoms with E-state index in [0.717, 1.165) is 72.5 Å². The first-order valence-corrected chi connectivity index (χ1v) is 23.6. The molecule has 3 nitrogen and oxygen atoms in total. The van der Waals surface area contributed by atoms with Crippen LogP contribution in [0.25, 0.3) is 105 Å². The number of hydrogen-bond donors (Lipinski definition) is 0. The molecule has 0 aliphatic carbocycles. The zero-order valence-electron chi connectivity index (χ0n) is 37.7. The summed E-state index contributed by atoms with van der Waals surface area (Å²) in [5, 5.41) is 4.77. The molecule has 0 aliphatic rings. The maximum absolute atomic E-state index is 6.40. The van der Waals surface area contributed by atoms with E-state index in [2.05, 4.69) is 264 Å². The fraction of sp³-hybridized carbons (Fsp3) is 0. The van der Waals surface area contributed by atoms with Gasteiger partial charge in [0.05, 0.1) is 16.7 Å². The second-order valence-electron chi connectivity index (χ2n) is 17.7. The van der Waals surface area contributed by atoms with Gasteiger partial charge in [0.1, 0.15) is 11.2 Å². The lowest BCUT2D eigenvalue weighted by Crippen LogP contribution is -2.11. The summed E-state index contributed by atoms with van der Waals surface area (Å²) in [6.45, 7) is 0. The first-order chi connectivity index (χ1) is 34.2. The predicted octanol–water partition coefficient (Wildman–Crippen LogP) is 18.5. The molecule has 0 aliphatic heterocycles. The van der Waals surface area contributed by atoms with E-state index in [-0.39, 0.29) is 0 Å². The lowest BCUT2D eigenvalue weighted by atomic mass is 9.97. The van der Waals surface area contributed by atoms with Crippen LogP contribution in [0, 0.1) is 0 Å². The number of anilines is 3. The summed E-state index contributed by atoms with van der Waals surface area (Å²) in [7, 11) is 0. The highest BCUT2D eigenvalue weighted by Crippen LogP contribution is 2.44. The summed E-state index contributed by atoms with van der Waals surface area (Å²) < 4.78 is 8.79. The summed E-state index contributed by atoms with van der Waals surface area (Å²) in [5.41, 5.74) is 20.2. The molecule has 0 saturated carbocycles. The molecule has 0 amide bonds. The van der Waals surface area contributed by atoms with E-state index in [1.807, 2.05) is 12.1 Å². The van der Waals surface area contributed by atoms with Crippen molar-refractivity contribution in [3.63, 3.8) is 0 Å². The second kappa shape index (κ2) is 16.9. The van der Waals surface area contributed by atoms with Gasteiger partial charge in [-0.25, -0.2) is 0 Å². The van der Waals surface area contributed by atoms with E-state index >= 15 is 0 Å². The normalized spacial score (nSPS) is 11.5. The molecule has 3 heteroatoms. The smallest absolute Gasteiger partial charge is 0.136 e. The van der Waals surface area contributed by atoms with Gasteiger partial charge in [-0.3, -0.25) is 0 Å². The highest BCUT2D eigenvalue weighted by atomic mass is 16.3. The van der Waals surface area contributed by atoms with E-state index in [0.29, 0.717) is 0 Å². The van der Waals surface area contributed by atoms with Crippen molar-refractivity contribution in [1.29, 1.82) is 0 Å². The molecule has 13 aromatic rings. The van der Waals surface area contributed by atoms with E-state index in [1.165, 1.54) is 49.6 Å². The number of rotatable bonds is 9. The van der Waals surface area contributed by atoms with Gasteiger partial charge in [-0.15, -0.1) is 0 Å². The topological polar surface area (TPSA) is 21.3 Å². The third-order valence-corrected chi connectivity index (χ3v) is 13.6. The molecule has 0 unspecified atom stereocenters. The van der Waals surface area contributed by atoms with Gasteiger partial charge < -0.3 is 13.9 Å². The van der Waals surface area contributed by atoms with Crippen LogP contribution in [0.5, 0.6) is 0 Å². The summed E-state index contributed by atoms with van der Waals surface area (Å²) in [4.78, 5) is 2.38. The number of aromatic nitrogens is 1. The van der Waals surface area contributed by atoms with Crippen molar-refractivity contribution in [2.45, 2.75) is 0 Å². The van der Waals surface area contributed by atoms with E-state index in [9.17, 15) is 0 Å². The van der Waals surface area contributed by atoms with Crippen molar-refractivity contribution in [1.82, 2.24) is 4.57 Å². The average Bonchev–Trinajstić information content (AvgIpc) is 3.97. The molecule has 0 N–H and O–H groups in total. The first-order valence-electron chi connectivity index (χ1n) is 23.6. The summed E-state index contributed by atoms with van der Waals surface area (Å²) in [5.74, 6) is 0. The van der Waals surface area contributed by atoms with Gasteiger partial charge in [-0.05, 0) is 129 Å². The molecule has 0 bridgehead atoms. The largest absolute Gasteiger partial charge is 0.456 e. The highest BCUT2D eigenvalue weighted by molar-refractivity contribution is 6.09. The third-order valence-electron chi connectivity index (χ3n) is 13.6. The average molecular weight is 881 g/mol. The number of nitrogens with zero attached hydrogens (tertiary/aromatic N) is 2. The Balaban J connectivity index is 0.867. The maximum Gasteiger partial charge on any atom is 0.136 e. The molecular formula is C66H44N2O. The van der Waals surface area contributed by atoms with E-state index in [1.54, 1.807) is 0 Å². The van der Waals surface area contributed by atoms with Gasteiger partial charge in [0.25, 0.3) is 0 Å². The van der Waals surface area contributed by atoms with Crippen molar-refractivity contribution >= 4 is 60.8 Å². The number of fused-ring (bicyclic) bond motifs is 6. The van der Waals surface area contributed by atoms with Crippen LogP contribution in [-0.2, 0) is 0 Å². The molecular weight excluding hydrogens is 837 g/mol. The van der Waals surface area contributed by atoms with Crippen molar-refractivity contribution in [2.24, 2.45) is 0 Å². The number of furan rings is 1. The monoisotopic (exact) mass is 880 g/mol. The minimum absolute atomic E-state index is 0.878. The Morgan fingerprint density at radius 3 is 1.39 bits per heavy atom. The van der Waals surface area contributed by atoms with Gasteiger partial charge in [0.2, 0.25) is 0 Å². The van der Waals surface area contributed by atoms with Crippen LogP contribution in [-0.4, -0.2) is 4.57 Å². The quantitative estimate of drug-likeness (QED) is 0.144. The number of hydrogen-bond acceptors (Lipinski definition) is 2. The van der Waals surface area contributed by atoms with Gasteiger partial charge in [0.15, 0.2) is 0 Å². The van der Waals surface area contributed by atoms with Crippen molar-refractivity contribution < 1.29 is 4.42 Å². The minimum atomic E-state index is 0.878. The number of benzene rings is 11. The molecule has 0 atom stereocenters. The first kappa shape index (κ1) is 40.1.